The van der Waals surface area contributed by atoms with Crippen molar-refractivity contribution >= 4 is 32.2 Å². The van der Waals surface area contributed by atoms with Crippen LogP contribution < -0.4 is 4.16 Å². The summed E-state index contributed by atoms with van der Waals surface area (Å²) in [4.78, 5) is 23.5. The standard InChI is InChI=1S/C10H5ClN2O2S/c11-16(13-12)9-3-1-2-6-7(14)4-5-8(15)10(6)9/h1-5H. The van der Waals surface area contributed by atoms with Gasteiger partial charge >= 0.3 is 0 Å². The summed E-state index contributed by atoms with van der Waals surface area (Å²) in [5, 5.41) is 0. The highest BCUT2D eigenvalue weighted by Gasteiger charge is 2.25. The van der Waals surface area contributed by atoms with Crippen LogP contribution in [0.2, 0.25) is 0 Å². The number of halogens is 1. The van der Waals surface area contributed by atoms with E-state index in [1.807, 2.05) is 0 Å². The van der Waals surface area contributed by atoms with Crippen molar-refractivity contribution in [3.8, 4) is 0 Å². The molecule has 0 aliphatic heterocycles. The van der Waals surface area contributed by atoms with Crippen LogP contribution in [0.1, 0.15) is 20.7 Å². The Balaban J connectivity index is 2.79. The Labute approximate surface area is 98.0 Å². The molecule has 0 amide bonds. The topological polar surface area (TPSA) is 70.5 Å². The summed E-state index contributed by atoms with van der Waals surface area (Å²) < 4.78 is 2.93. The van der Waals surface area contributed by atoms with E-state index in [1.165, 1.54) is 12.2 Å². The van der Waals surface area contributed by atoms with E-state index in [9.17, 15) is 9.59 Å². The van der Waals surface area contributed by atoms with Crippen molar-refractivity contribution in [2.45, 2.75) is 4.90 Å². The van der Waals surface area contributed by atoms with Crippen LogP contribution in [0, 0.1) is 0 Å². The summed E-state index contributed by atoms with van der Waals surface area (Å²) in [5.74, 6) is -0.546. The third-order valence-corrected chi connectivity index (χ3v) is 3.71. The average molecular weight is 253 g/mol. The van der Waals surface area contributed by atoms with E-state index in [-0.39, 0.29) is 17.1 Å². The minimum Gasteiger partial charge on any atom is -0.349 e. The number of allylic oxidation sites excluding steroid dienone is 2. The Kier molecular flexibility index (Phi) is 2.83. The lowest BCUT2D eigenvalue weighted by Gasteiger charge is -2.09. The molecule has 0 fully saturated rings. The van der Waals surface area contributed by atoms with Crippen molar-refractivity contribution in [3.05, 3.63) is 47.0 Å². The van der Waals surface area contributed by atoms with Gasteiger partial charge in [0.2, 0.25) is 0 Å². The summed E-state index contributed by atoms with van der Waals surface area (Å²) in [6.45, 7) is 0. The summed E-state index contributed by atoms with van der Waals surface area (Å²) >= 11 is 0. The minimum absolute atomic E-state index is 0.228. The molecule has 0 N–H and O–H groups in total. The Morgan fingerprint density at radius 3 is 2.56 bits per heavy atom. The third-order valence-electron chi connectivity index (χ3n) is 2.18. The second-order valence-electron chi connectivity index (χ2n) is 3.06. The Bertz CT molecular complexity index is 588. The summed E-state index contributed by atoms with van der Waals surface area (Å²) in [6, 6.07) is 4.72. The zero-order valence-corrected chi connectivity index (χ0v) is 9.46. The van der Waals surface area contributed by atoms with E-state index >= 15 is 0 Å². The molecule has 0 spiro atoms. The maximum Gasteiger partial charge on any atom is 0.288 e. The van der Waals surface area contributed by atoms with Gasteiger partial charge in [-0.25, -0.2) is 0 Å². The Hall–Kier alpha value is -1.55. The number of carbonyl (C=O) groups excluding carboxylic acids is 2. The predicted octanol–water partition coefficient (Wildman–Crippen LogP) is 2.03. The molecule has 0 bridgehead atoms. The van der Waals surface area contributed by atoms with Crippen molar-refractivity contribution < 1.29 is 9.59 Å². The fourth-order valence-corrected chi connectivity index (χ4v) is 2.54. The lowest BCUT2D eigenvalue weighted by atomic mass is 9.95. The van der Waals surface area contributed by atoms with Gasteiger partial charge in [0.25, 0.3) is 9.90 Å². The number of fused-ring (bicyclic) bond motifs is 1. The molecule has 0 aromatic heterocycles. The van der Waals surface area contributed by atoms with Crippen molar-refractivity contribution in [1.29, 1.82) is 0 Å². The molecule has 1 aliphatic rings. The molecular weight excluding hydrogens is 248 g/mol. The SMILES string of the molecule is [N-]=[N+]=S(Cl)c1cccc2c1C(=O)C=CC2=O. The molecule has 0 radical (unpaired) electrons. The van der Waals surface area contributed by atoms with E-state index in [4.69, 9.17) is 16.2 Å². The van der Waals surface area contributed by atoms with Gasteiger partial charge in [-0.05, 0) is 18.2 Å². The van der Waals surface area contributed by atoms with E-state index in [0.717, 1.165) is 0 Å². The maximum absolute atomic E-state index is 11.7. The molecule has 1 aromatic rings. The van der Waals surface area contributed by atoms with Crippen LogP contribution in [-0.2, 0) is 9.90 Å². The molecule has 2 rings (SSSR count). The van der Waals surface area contributed by atoms with Crippen LogP contribution in [0.25, 0.3) is 5.53 Å². The molecule has 1 aliphatic carbocycles. The third kappa shape index (κ3) is 1.65. The number of ketones is 2. The number of hydrogen-bond donors (Lipinski definition) is 0. The first-order chi connectivity index (χ1) is 7.65. The first-order valence-corrected chi connectivity index (χ1v) is 6.31. The Morgan fingerprint density at radius 2 is 1.88 bits per heavy atom. The monoisotopic (exact) mass is 252 g/mol. The normalized spacial score (nSPS) is 15.6. The highest BCUT2D eigenvalue weighted by molar-refractivity contribution is 8.09. The molecule has 1 unspecified atom stereocenters. The van der Waals surface area contributed by atoms with Crippen molar-refractivity contribution in [1.82, 2.24) is 4.16 Å². The van der Waals surface area contributed by atoms with Gasteiger partial charge in [-0.2, -0.15) is 0 Å². The highest BCUT2D eigenvalue weighted by Crippen LogP contribution is 2.24. The van der Waals surface area contributed by atoms with Crippen molar-refractivity contribution in [2.24, 2.45) is 0 Å². The lowest BCUT2D eigenvalue weighted by molar-refractivity contribution is 0.0992. The first kappa shape index (κ1) is 11.0. The number of rotatable bonds is 1. The smallest absolute Gasteiger partial charge is 0.288 e. The van der Waals surface area contributed by atoms with Gasteiger partial charge in [-0.1, -0.05) is 12.1 Å². The average Bonchev–Trinajstić information content (AvgIpc) is 2.32. The first-order valence-electron chi connectivity index (χ1n) is 4.30. The molecule has 0 saturated heterocycles. The van der Waals surface area contributed by atoms with Crippen LogP contribution in [0.15, 0.2) is 35.2 Å². The molecule has 1 aromatic carbocycles. The number of hydrogen-bond acceptors (Lipinski definition) is 2. The van der Waals surface area contributed by atoms with Crippen molar-refractivity contribution in [3.63, 3.8) is 0 Å². The maximum atomic E-state index is 11.7. The second kappa shape index (κ2) is 4.14. The van der Waals surface area contributed by atoms with Gasteiger partial charge in [0.05, 0.1) is 5.56 Å². The van der Waals surface area contributed by atoms with Crippen LogP contribution >= 0.6 is 10.7 Å². The van der Waals surface area contributed by atoms with E-state index in [2.05, 4.69) is 4.16 Å². The second-order valence-corrected chi connectivity index (χ2v) is 5.01. The molecule has 80 valence electrons. The molecule has 0 heterocycles. The van der Waals surface area contributed by atoms with Crippen molar-refractivity contribution in [2.75, 3.05) is 0 Å². The quantitative estimate of drug-likeness (QED) is 0.567. The van der Waals surface area contributed by atoms with Gasteiger partial charge in [0.1, 0.15) is 4.90 Å². The lowest BCUT2D eigenvalue weighted by Crippen LogP contribution is -2.14. The molecule has 6 heteroatoms. The zero-order chi connectivity index (χ0) is 11.7. The largest absolute Gasteiger partial charge is 0.349 e. The highest BCUT2D eigenvalue weighted by atomic mass is 35.7. The van der Waals surface area contributed by atoms with Crippen LogP contribution in [-0.4, -0.2) is 11.6 Å². The van der Waals surface area contributed by atoms with Gasteiger partial charge in [-0.3, -0.25) is 9.59 Å². The minimum atomic E-state index is -1.32. The Morgan fingerprint density at radius 1 is 1.19 bits per heavy atom. The number of nitrogens with zero attached hydrogens (tertiary/aromatic N) is 2. The zero-order valence-electron chi connectivity index (χ0n) is 7.88. The fraction of sp³-hybridized carbons (Fsp3) is 0. The molecule has 0 saturated carbocycles. The van der Waals surface area contributed by atoms with Gasteiger partial charge in [0, 0.05) is 16.2 Å². The summed E-state index contributed by atoms with van der Waals surface area (Å²) in [6.07, 6.45) is 2.41. The van der Waals surface area contributed by atoms with E-state index in [1.54, 1.807) is 18.2 Å². The molecule has 4 nitrogen and oxygen atoms in total. The number of carbonyl (C=O) groups is 2. The van der Waals surface area contributed by atoms with Crippen LogP contribution in [0.4, 0.5) is 0 Å². The molecule has 1 atom stereocenters. The van der Waals surface area contributed by atoms with Crippen LogP contribution in [0.5, 0.6) is 0 Å². The summed E-state index contributed by atoms with van der Waals surface area (Å²) in [7, 11) is 4.44. The van der Waals surface area contributed by atoms with Gasteiger partial charge < -0.3 is 5.53 Å². The summed E-state index contributed by atoms with van der Waals surface area (Å²) in [5.41, 5.74) is 9.16. The van der Waals surface area contributed by atoms with E-state index in [0.29, 0.717) is 10.5 Å². The molecule has 16 heavy (non-hydrogen) atoms. The van der Waals surface area contributed by atoms with Crippen LogP contribution in [0.3, 0.4) is 0 Å². The predicted molar refractivity (Wildman–Crippen MR) is 61.2 cm³/mol. The van der Waals surface area contributed by atoms with Gasteiger partial charge in [-0.15, -0.1) is 4.16 Å². The molecular formula is C10H5ClN2O2S. The number of benzene rings is 1. The van der Waals surface area contributed by atoms with E-state index < -0.39 is 9.90 Å². The van der Waals surface area contributed by atoms with Gasteiger partial charge in [0.15, 0.2) is 11.6 Å². The fourth-order valence-electron chi connectivity index (χ4n) is 1.50.